The summed E-state index contributed by atoms with van der Waals surface area (Å²) in [6, 6.07) is 5.28. The van der Waals surface area contributed by atoms with E-state index < -0.39 is 0 Å². The van der Waals surface area contributed by atoms with E-state index >= 15 is 0 Å². The number of aryl methyl sites for hydroxylation is 1. The van der Waals surface area contributed by atoms with Gasteiger partial charge < -0.3 is 19.7 Å². The summed E-state index contributed by atoms with van der Waals surface area (Å²) in [5.74, 6) is 1.43. The fourth-order valence-corrected chi connectivity index (χ4v) is 3.48. The number of carbonyl (C=O) groups excluding carboxylic acids is 2. The summed E-state index contributed by atoms with van der Waals surface area (Å²) in [5.41, 5.74) is 1.15. The van der Waals surface area contributed by atoms with Gasteiger partial charge in [-0.2, -0.15) is 5.10 Å². The number of hydrogen-bond donors (Lipinski definition) is 1. The molecule has 29 heavy (non-hydrogen) atoms. The second-order valence-corrected chi connectivity index (χ2v) is 7.15. The number of rotatable bonds is 7. The van der Waals surface area contributed by atoms with Crippen molar-refractivity contribution in [1.82, 2.24) is 20.0 Å². The van der Waals surface area contributed by atoms with E-state index in [0.717, 1.165) is 12.8 Å². The molecule has 8 nitrogen and oxygen atoms in total. The van der Waals surface area contributed by atoms with Gasteiger partial charge in [0.05, 0.1) is 25.5 Å². The zero-order valence-electron chi connectivity index (χ0n) is 17.2. The quantitative estimate of drug-likeness (QED) is 0.769. The van der Waals surface area contributed by atoms with Crippen molar-refractivity contribution in [2.75, 3.05) is 33.4 Å². The van der Waals surface area contributed by atoms with Crippen LogP contribution in [0.1, 0.15) is 40.5 Å². The van der Waals surface area contributed by atoms with Crippen molar-refractivity contribution in [2.45, 2.75) is 19.8 Å². The molecule has 1 N–H and O–H groups in total. The van der Waals surface area contributed by atoms with Crippen LogP contribution in [-0.2, 0) is 7.05 Å². The molecule has 156 valence electrons. The highest BCUT2D eigenvalue weighted by atomic mass is 16.5. The molecule has 8 heteroatoms. The second-order valence-electron chi connectivity index (χ2n) is 7.15. The molecule has 0 aliphatic carbocycles. The molecule has 1 aliphatic rings. The van der Waals surface area contributed by atoms with E-state index in [9.17, 15) is 9.59 Å². The van der Waals surface area contributed by atoms with Crippen LogP contribution in [0.25, 0.3) is 0 Å². The maximum absolute atomic E-state index is 12.8. The van der Waals surface area contributed by atoms with Crippen LogP contribution in [-0.4, -0.2) is 59.8 Å². The van der Waals surface area contributed by atoms with Crippen molar-refractivity contribution >= 4 is 11.8 Å². The first-order chi connectivity index (χ1) is 14.0. The molecule has 0 atom stereocenters. The van der Waals surface area contributed by atoms with E-state index in [2.05, 4.69) is 10.4 Å². The Morgan fingerprint density at radius 2 is 1.97 bits per heavy atom. The Kier molecular flexibility index (Phi) is 6.74. The fourth-order valence-electron chi connectivity index (χ4n) is 3.48. The summed E-state index contributed by atoms with van der Waals surface area (Å²) in [4.78, 5) is 26.8. The third-order valence-corrected chi connectivity index (χ3v) is 5.13. The molecule has 1 aromatic carbocycles. The molecule has 2 aromatic rings. The molecular formula is C21H28N4O4. The number of amides is 2. The van der Waals surface area contributed by atoms with Gasteiger partial charge in [-0.05, 0) is 43.9 Å². The van der Waals surface area contributed by atoms with Gasteiger partial charge in [0.2, 0.25) is 0 Å². The zero-order chi connectivity index (χ0) is 20.8. The normalized spacial score (nSPS) is 14.5. The summed E-state index contributed by atoms with van der Waals surface area (Å²) in [5, 5.41) is 6.98. The Bertz CT molecular complexity index is 856. The summed E-state index contributed by atoms with van der Waals surface area (Å²) in [7, 11) is 3.35. The molecule has 1 aliphatic heterocycles. The summed E-state index contributed by atoms with van der Waals surface area (Å²) < 4.78 is 12.5. The molecule has 1 saturated heterocycles. The number of aromatic nitrogens is 2. The highest BCUT2D eigenvalue weighted by molar-refractivity contribution is 5.95. The van der Waals surface area contributed by atoms with Crippen molar-refractivity contribution < 1.29 is 19.1 Å². The van der Waals surface area contributed by atoms with E-state index in [1.165, 1.54) is 0 Å². The average Bonchev–Trinajstić information content (AvgIpc) is 3.19. The van der Waals surface area contributed by atoms with Crippen LogP contribution in [0.4, 0.5) is 0 Å². The number of benzene rings is 1. The Hall–Kier alpha value is -3.03. The Balaban J connectivity index is 1.51. The van der Waals surface area contributed by atoms with Gasteiger partial charge in [-0.25, -0.2) is 0 Å². The minimum Gasteiger partial charge on any atom is -0.493 e. The van der Waals surface area contributed by atoms with Crippen molar-refractivity contribution in [2.24, 2.45) is 13.0 Å². The third kappa shape index (κ3) is 5.07. The number of carbonyl (C=O) groups is 2. The van der Waals surface area contributed by atoms with Gasteiger partial charge in [-0.15, -0.1) is 0 Å². The number of piperidine rings is 1. The van der Waals surface area contributed by atoms with Crippen molar-refractivity contribution in [3.05, 3.63) is 41.7 Å². The minimum absolute atomic E-state index is 0.0100. The predicted molar refractivity (Wildman–Crippen MR) is 108 cm³/mol. The maximum Gasteiger partial charge on any atom is 0.254 e. The molecule has 0 bridgehead atoms. The van der Waals surface area contributed by atoms with Crippen LogP contribution >= 0.6 is 0 Å². The van der Waals surface area contributed by atoms with Gasteiger partial charge in [0.15, 0.2) is 11.5 Å². The lowest BCUT2D eigenvalue weighted by Gasteiger charge is -2.32. The molecule has 2 heterocycles. The number of likely N-dealkylation sites (tertiary alicyclic amines) is 1. The molecule has 3 rings (SSSR count). The zero-order valence-corrected chi connectivity index (χ0v) is 17.2. The molecule has 0 unspecified atom stereocenters. The van der Waals surface area contributed by atoms with Gasteiger partial charge in [-0.1, -0.05) is 0 Å². The summed E-state index contributed by atoms with van der Waals surface area (Å²) >= 11 is 0. The maximum atomic E-state index is 12.8. The Morgan fingerprint density at radius 3 is 2.59 bits per heavy atom. The van der Waals surface area contributed by atoms with Crippen LogP contribution in [0, 0.1) is 5.92 Å². The topological polar surface area (TPSA) is 85.7 Å². The first kappa shape index (κ1) is 20.7. The standard InChI is InChI=1S/C21H28N4O4/c1-4-29-18-6-5-16(11-19(18)28-3)21(27)25-9-7-15(8-10-25)12-22-20(26)17-13-23-24(2)14-17/h5-6,11,13-15H,4,7-10,12H2,1-3H3,(H,22,26). The molecule has 0 radical (unpaired) electrons. The van der Waals surface area contributed by atoms with E-state index in [4.69, 9.17) is 9.47 Å². The van der Waals surface area contributed by atoms with E-state index in [0.29, 0.717) is 54.8 Å². The number of nitrogens with one attached hydrogen (secondary N) is 1. The lowest BCUT2D eigenvalue weighted by molar-refractivity contribution is 0.0684. The third-order valence-electron chi connectivity index (χ3n) is 5.13. The molecule has 0 spiro atoms. The number of methoxy groups -OCH3 is 1. The van der Waals surface area contributed by atoms with Crippen molar-refractivity contribution in [1.29, 1.82) is 0 Å². The number of ether oxygens (including phenoxy) is 2. The van der Waals surface area contributed by atoms with E-state index in [1.54, 1.807) is 49.4 Å². The van der Waals surface area contributed by atoms with Gasteiger partial charge in [0.1, 0.15) is 0 Å². The summed E-state index contributed by atoms with van der Waals surface area (Å²) in [6.07, 6.45) is 4.96. The van der Waals surface area contributed by atoms with Gasteiger partial charge >= 0.3 is 0 Å². The van der Waals surface area contributed by atoms with Crippen LogP contribution in [0.5, 0.6) is 11.5 Å². The fraction of sp³-hybridized carbons (Fsp3) is 0.476. The van der Waals surface area contributed by atoms with Gasteiger partial charge in [0, 0.05) is 38.4 Å². The van der Waals surface area contributed by atoms with E-state index in [1.807, 2.05) is 11.8 Å². The van der Waals surface area contributed by atoms with Crippen LogP contribution in [0.2, 0.25) is 0 Å². The SMILES string of the molecule is CCOc1ccc(C(=O)N2CCC(CNC(=O)c3cnn(C)c3)CC2)cc1OC. The lowest BCUT2D eigenvalue weighted by atomic mass is 9.96. The van der Waals surface area contributed by atoms with Crippen LogP contribution < -0.4 is 14.8 Å². The first-order valence-electron chi connectivity index (χ1n) is 9.88. The second kappa shape index (κ2) is 9.45. The Morgan fingerprint density at radius 1 is 1.21 bits per heavy atom. The molecule has 1 aromatic heterocycles. The van der Waals surface area contributed by atoms with Gasteiger partial charge in [0.25, 0.3) is 11.8 Å². The van der Waals surface area contributed by atoms with Crippen LogP contribution in [0.15, 0.2) is 30.6 Å². The highest BCUT2D eigenvalue weighted by Crippen LogP contribution is 2.29. The highest BCUT2D eigenvalue weighted by Gasteiger charge is 2.25. The predicted octanol–water partition coefficient (Wildman–Crippen LogP) is 2.11. The Labute approximate surface area is 170 Å². The first-order valence-corrected chi connectivity index (χ1v) is 9.88. The molecule has 0 saturated carbocycles. The lowest BCUT2D eigenvalue weighted by Crippen LogP contribution is -2.41. The number of hydrogen-bond acceptors (Lipinski definition) is 5. The van der Waals surface area contributed by atoms with Crippen LogP contribution in [0.3, 0.4) is 0 Å². The van der Waals surface area contributed by atoms with Gasteiger partial charge in [-0.3, -0.25) is 14.3 Å². The minimum atomic E-state index is -0.113. The largest absolute Gasteiger partial charge is 0.493 e. The van der Waals surface area contributed by atoms with E-state index in [-0.39, 0.29) is 11.8 Å². The monoisotopic (exact) mass is 400 g/mol. The summed E-state index contributed by atoms with van der Waals surface area (Å²) in [6.45, 7) is 4.38. The number of nitrogens with zero attached hydrogens (tertiary/aromatic N) is 3. The molecule has 2 amide bonds. The van der Waals surface area contributed by atoms with Crippen molar-refractivity contribution in [3.8, 4) is 11.5 Å². The molecular weight excluding hydrogens is 372 g/mol. The molecule has 1 fully saturated rings. The van der Waals surface area contributed by atoms with Crippen molar-refractivity contribution in [3.63, 3.8) is 0 Å². The smallest absolute Gasteiger partial charge is 0.254 e. The average molecular weight is 400 g/mol.